The molecule has 0 spiro atoms. The molecule has 0 amide bonds. The van der Waals surface area contributed by atoms with Gasteiger partial charge in [0.2, 0.25) is 10.0 Å². The van der Waals surface area contributed by atoms with E-state index in [1.54, 1.807) is 7.05 Å². The third kappa shape index (κ3) is 3.96. The van der Waals surface area contributed by atoms with Crippen LogP contribution >= 0.6 is 11.6 Å². The first kappa shape index (κ1) is 14.9. The molecule has 0 bridgehead atoms. The monoisotopic (exact) mass is 287 g/mol. The molecular weight excluding hydrogens is 274 g/mol. The van der Waals surface area contributed by atoms with Crippen molar-refractivity contribution in [1.29, 1.82) is 5.26 Å². The smallest absolute Gasteiger partial charge is 0.241 e. The van der Waals surface area contributed by atoms with Gasteiger partial charge in [-0.05, 0) is 38.2 Å². The maximum atomic E-state index is 12.0. The fourth-order valence-electron chi connectivity index (χ4n) is 1.36. The summed E-state index contributed by atoms with van der Waals surface area (Å²) in [7, 11) is -1.90. The molecule has 0 aromatic heterocycles. The highest BCUT2D eigenvalue weighted by atomic mass is 35.5. The van der Waals surface area contributed by atoms with Crippen molar-refractivity contribution in [2.75, 3.05) is 20.1 Å². The molecule has 0 aliphatic rings. The lowest BCUT2D eigenvalue weighted by molar-refractivity contribution is 0.577. The number of hydrogen-bond donors (Lipinski definition) is 2. The van der Waals surface area contributed by atoms with E-state index in [2.05, 4.69) is 10.0 Å². The molecule has 0 unspecified atom stereocenters. The zero-order valence-corrected chi connectivity index (χ0v) is 11.5. The number of nitrogens with one attached hydrogen (secondary N) is 2. The minimum Gasteiger partial charge on any atom is -0.320 e. The van der Waals surface area contributed by atoms with Gasteiger partial charge in [0, 0.05) is 11.6 Å². The van der Waals surface area contributed by atoms with E-state index in [0.29, 0.717) is 19.5 Å². The molecule has 1 rings (SSSR count). The number of nitrogens with zero attached hydrogens (tertiary/aromatic N) is 1. The van der Waals surface area contributed by atoms with Gasteiger partial charge in [-0.3, -0.25) is 0 Å². The van der Waals surface area contributed by atoms with Gasteiger partial charge in [-0.25, -0.2) is 13.1 Å². The van der Waals surface area contributed by atoms with Crippen molar-refractivity contribution in [3.63, 3.8) is 0 Å². The largest absolute Gasteiger partial charge is 0.320 e. The molecule has 0 aliphatic heterocycles. The fourth-order valence-corrected chi connectivity index (χ4v) is 2.85. The second-order valence-electron chi connectivity index (χ2n) is 3.61. The zero-order chi connectivity index (χ0) is 13.6. The quantitative estimate of drug-likeness (QED) is 0.768. The molecule has 5 nitrogen and oxygen atoms in total. The van der Waals surface area contributed by atoms with Crippen LogP contribution in [0, 0.1) is 11.3 Å². The van der Waals surface area contributed by atoms with Gasteiger partial charge < -0.3 is 5.32 Å². The normalized spacial score (nSPS) is 11.2. The molecule has 0 saturated heterocycles. The van der Waals surface area contributed by atoms with Crippen molar-refractivity contribution in [1.82, 2.24) is 10.0 Å². The maximum absolute atomic E-state index is 12.0. The van der Waals surface area contributed by atoms with Gasteiger partial charge in [-0.2, -0.15) is 5.26 Å². The number of benzene rings is 1. The van der Waals surface area contributed by atoms with Crippen LogP contribution in [0.1, 0.15) is 12.0 Å². The van der Waals surface area contributed by atoms with E-state index in [4.69, 9.17) is 16.9 Å². The van der Waals surface area contributed by atoms with Crippen LogP contribution in [0.4, 0.5) is 0 Å². The minimum absolute atomic E-state index is 0.0815. The standard InChI is InChI=1S/C11H14ClN3O2S/c1-14-5-2-6-15-18(16,17)11-7-10(12)4-3-9(11)8-13/h3-4,7,14-15H,2,5-6H2,1H3. The summed E-state index contributed by atoms with van der Waals surface area (Å²) in [6, 6.07) is 6.00. The first-order valence-corrected chi connectivity index (χ1v) is 7.21. The van der Waals surface area contributed by atoms with Crippen LogP contribution in [0.2, 0.25) is 5.02 Å². The average molecular weight is 288 g/mol. The van der Waals surface area contributed by atoms with Gasteiger partial charge >= 0.3 is 0 Å². The second kappa shape index (κ2) is 6.71. The van der Waals surface area contributed by atoms with Gasteiger partial charge in [0.1, 0.15) is 11.0 Å². The van der Waals surface area contributed by atoms with Crippen LogP contribution in [-0.4, -0.2) is 28.6 Å². The summed E-state index contributed by atoms with van der Waals surface area (Å²) in [5.74, 6) is 0. The second-order valence-corrected chi connectivity index (χ2v) is 5.78. The molecule has 98 valence electrons. The Morgan fingerprint density at radius 3 is 2.72 bits per heavy atom. The lowest BCUT2D eigenvalue weighted by Crippen LogP contribution is -2.27. The Kier molecular flexibility index (Phi) is 5.56. The SMILES string of the molecule is CNCCCNS(=O)(=O)c1cc(Cl)ccc1C#N. The number of nitriles is 1. The van der Waals surface area contributed by atoms with E-state index in [0.717, 1.165) is 0 Å². The molecule has 0 fully saturated rings. The van der Waals surface area contributed by atoms with Crippen molar-refractivity contribution in [2.24, 2.45) is 0 Å². The summed E-state index contributed by atoms with van der Waals surface area (Å²) >= 11 is 5.75. The highest BCUT2D eigenvalue weighted by Gasteiger charge is 2.18. The van der Waals surface area contributed by atoms with Crippen molar-refractivity contribution in [2.45, 2.75) is 11.3 Å². The lowest BCUT2D eigenvalue weighted by Gasteiger charge is -2.08. The van der Waals surface area contributed by atoms with Crippen LogP contribution in [0.15, 0.2) is 23.1 Å². The van der Waals surface area contributed by atoms with Crippen LogP contribution < -0.4 is 10.0 Å². The third-order valence-corrected chi connectivity index (χ3v) is 3.99. The number of sulfonamides is 1. The van der Waals surface area contributed by atoms with Crippen molar-refractivity contribution in [3.8, 4) is 6.07 Å². The number of rotatable bonds is 6. The fraction of sp³-hybridized carbons (Fsp3) is 0.364. The van der Waals surface area contributed by atoms with E-state index in [-0.39, 0.29) is 15.5 Å². The Morgan fingerprint density at radius 2 is 2.11 bits per heavy atom. The summed E-state index contributed by atoms with van der Waals surface area (Å²) in [6.45, 7) is 1.02. The van der Waals surface area contributed by atoms with E-state index >= 15 is 0 Å². The maximum Gasteiger partial charge on any atom is 0.241 e. The first-order valence-electron chi connectivity index (χ1n) is 5.35. The zero-order valence-electron chi connectivity index (χ0n) is 9.90. The Morgan fingerprint density at radius 1 is 1.39 bits per heavy atom. The highest BCUT2D eigenvalue weighted by molar-refractivity contribution is 7.89. The summed E-state index contributed by atoms with van der Waals surface area (Å²) in [4.78, 5) is -0.0815. The van der Waals surface area contributed by atoms with Gasteiger partial charge in [0.15, 0.2) is 0 Å². The van der Waals surface area contributed by atoms with Crippen LogP contribution in [0.25, 0.3) is 0 Å². The van der Waals surface area contributed by atoms with Crippen LogP contribution in [0.3, 0.4) is 0 Å². The van der Waals surface area contributed by atoms with Crippen LogP contribution in [0.5, 0.6) is 0 Å². The third-order valence-electron chi connectivity index (χ3n) is 2.25. The van der Waals surface area contributed by atoms with Crippen molar-refractivity contribution >= 4 is 21.6 Å². The molecular formula is C11H14ClN3O2S. The summed E-state index contributed by atoms with van der Waals surface area (Å²) < 4.78 is 26.4. The summed E-state index contributed by atoms with van der Waals surface area (Å²) in [5.41, 5.74) is 0.0838. The molecule has 7 heteroatoms. The molecule has 0 aliphatic carbocycles. The molecule has 0 atom stereocenters. The molecule has 18 heavy (non-hydrogen) atoms. The van der Waals surface area contributed by atoms with E-state index < -0.39 is 10.0 Å². The van der Waals surface area contributed by atoms with Gasteiger partial charge in [0.05, 0.1) is 5.56 Å². The van der Waals surface area contributed by atoms with E-state index in [9.17, 15) is 8.42 Å². The summed E-state index contributed by atoms with van der Waals surface area (Å²) in [5, 5.41) is 12.1. The van der Waals surface area contributed by atoms with Gasteiger partial charge in [0.25, 0.3) is 0 Å². The molecule has 0 saturated carbocycles. The molecule has 0 heterocycles. The van der Waals surface area contributed by atoms with Gasteiger partial charge in [-0.1, -0.05) is 11.6 Å². The van der Waals surface area contributed by atoms with Crippen LogP contribution in [-0.2, 0) is 10.0 Å². The lowest BCUT2D eigenvalue weighted by atomic mass is 10.2. The highest BCUT2D eigenvalue weighted by Crippen LogP contribution is 2.19. The van der Waals surface area contributed by atoms with Crippen molar-refractivity contribution < 1.29 is 8.42 Å². The average Bonchev–Trinajstić information content (AvgIpc) is 2.35. The van der Waals surface area contributed by atoms with Gasteiger partial charge in [-0.15, -0.1) is 0 Å². The summed E-state index contributed by atoms with van der Waals surface area (Å²) in [6.07, 6.45) is 0.665. The Bertz CT molecular complexity index is 552. The Hall–Kier alpha value is -1.13. The first-order chi connectivity index (χ1) is 8.51. The van der Waals surface area contributed by atoms with Crippen molar-refractivity contribution in [3.05, 3.63) is 28.8 Å². The predicted molar refractivity (Wildman–Crippen MR) is 69.9 cm³/mol. The minimum atomic E-state index is -3.69. The topological polar surface area (TPSA) is 82.0 Å². The molecule has 0 radical (unpaired) electrons. The van der Waals surface area contributed by atoms with E-state index in [1.807, 2.05) is 6.07 Å². The number of hydrogen-bond acceptors (Lipinski definition) is 4. The Labute approximate surface area is 112 Å². The predicted octanol–water partition coefficient (Wildman–Crippen LogP) is 1.10. The molecule has 1 aromatic carbocycles. The Balaban J connectivity index is 2.91. The molecule has 2 N–H and O–H groups in total. The molecule has 1 aromatic rings. The van der Waals surface area contributed by atoms with E-state index in [1.165, 1.54) is 18.2 Å². The number of halogens is 1.